The zero-order valence-corrected chi connectivity index (χ0v) is 19.5. The number of hydrogen-bond acceptors (Lipinski definition) is 7. The first-order valence-corrected chi connectivity index (χ1v) is 11.6. The molecule has 2 aliphatic rings. The van der Waals surface area contributed by atoms with Gasteiger partial charge in [0.25, 0.3) is 17.4 Å². The zero-order chi connectivity index (χ0) is 24.7. The van der Waals surface area contributed by atoms with Gasteiger partial charge in [-0.2, -0.15) is 9.61 Å². The minimum absolute atomic E-state index is 0.0261. The predicted molar refractivity (Wildman–Crippen MR) is 128 cm³/mol. The highest BCUT2D eigenvalue weighted by Gasteiger charge is 2.30. The Morgan fingerprint density at radius 3 is 2.86 bits per heavy atom. The van der Waals surface area contributed by atoms with Crippen LogP contribution < -0.4 is 20.5 Å². The Balaban J connectivity index is 1.54. The number of carbonyl (C=O) groups excluding carboxylic acids is 2. The zero-order valence-electron chi connectivity index (χ0n) is 19.5. The molecule has 1 saturated carbocycles. The van der Waals surface area contributed by atoms with E-state index in [1.165, 1.54) is 21.4 Å². The summed E-state index contributed by atoms with van der Waals surface area (Å²) in [6.07, 6.45) is 9.26. The van der Waals surface area contributed by atoms with Crippen molar-refractivity contribution in [3.63, 3.8) is 0 Å². The number of nitrogens with one attached hydrogen (secondary N) is 1. The molecule has 2 N–H and O–H groups in total. The molecule has 4 heterocycles. The van der Waals surface area contributed by atoms with Crippen LogP contribution >= 0.6 is 0 Å². The molecular weight excluding hydrogens is 452 g/mol. The second kappa shape index (κ2) is 8.90. The molecule has 0 spiro atoms. The van der Waals surface area contributed by atoms with E-state index in [0.29, 0.717) is 42.3 Å². The van der Waals surface area contributed by atoms with Crippen LogP contribution in [0.4, 0.5) is 5.69 Å². The average Bonchev–Trinajstić information content (AvgIpc) is 3.55. The second-order valence-electron chi connectivity index (χ2n) is 9.11. The third-order valence-corrected chi connectivity index (χ3v) is 5.89. The number of nitrogens with zero attached hydrogens (tertiary/aromatic N) is 5. The van der Waals surface area contributed by atoms with Crippen molar-refractivity contribution in [1.29, 1.82) is 0 Å². The summed E-state index contributed by atoms with van der Waals surface area (Å²) >= 11 is 0. The quantitative estimate of drug-likeness (QED) is 0.514. The highest BCUT2D eigenvalue weighted by atomic mass is 16.5. The number of anilines is 1. The number of aromatic nitrogens is 4. The van der Waals surface area contributed by atoms with E-state index in [9.17, 15) is 19.5 Å². The minimum Gasteiger partial charge on any atom is -0.492 e. The summed E-state index contributed by atoms with van der Waals surface area (Å²) in [7, 11) is 0. The number of fused-ring (bicyclic) bond motifs is 2. The van der Waals surface area contributed by atoms with Crippen LogP contribution in [0.15, 0.2) is 35.5 Å². The third-order valence-electron chi connectivity index (χ3n) is 5.89. The lowest BCUT2D eigenvalue weighted by Gasteiger charge is -2.28. The van der Waals surface area contributed by atoms with Crippen molar-refractivity contribution < 1.29 is 19.4 Å². The van der Waals surface area contributed by atoms with Crippen molar-refractivity contribution in [2.75, 3.05) is 18.1 Å². The summed E-state index contributed by atoms with van der Waals surface area (Å²) in [6.45, 7) is 4.92. The first-order chi connectivity index (χ1) is 16.8. The van der Waals surface area contributed by atoms with E-state index in [4.69, 9.17) is 4.74 Å². The first-order valence-electron chi connectivity index (χ1n) is 11.6. The standard InChI is InChI=1S/C24H26N6O5/c1-14(2)13-29-22-15(3-6-19(31)28-9-10-35-18-7-8-25-12-17(18)28)11-26-30(22)24(34)20(23(29)33)21(32)27-16-4-5-16/h3,6-8,11-12,14,16,34H,4-5,9-10,13H2,1-2H3,(H,27,32)/b6-3+. The van der Waals surface area contributed by atoms with Crippen molar-refractivity contribution in [2.45, 2.75) is 39.3 Å². The van der Waals surface area contributed by atoms with Crippen LogP contribution in [0.3, 0.4) is 0 Å². The van der Waals surface area contributed by atoms with Crippen LogP contribution in [0.1, 0.15) is 42.6 Å². The van der Waals surface area contributed by atoms with Gasteiger partial charge in [0, 0.05) is 36.5 Å². The molecule has 1 aliphatic heterocycles. The van der Waals surface area contributed by atoms with E-state index >= 15 is 0 Å². The minimum atomic E-state index is -0.614. The molecule has 35 heavy (non-hydrogen) atoms. The van der Waals surface area contributed by atoms with Crippen molar-refractivity contribution in [1.82, 2.24) is 24.5 Å². The molecule has 3 aromatic rings. The second-order valence-corrected chi connectivity index (χ2v) is 9.11. The molecule has 0 aromatic carbocycles. The predicted octanol–water partition coefficient (Wildman–Crippen LogP) is 1.58. The lowest BCUT2D eigenvalue weighted by atomic mass is 10.2. The van der Waals surface area contributed by atoms with Gasteiger partial charge in [0.05, 0.1) is 18.9 Å². The van der Waals surface area contributed by atoms with Gasteiger partial charge in [0.2, 0.25) is 5.88 Å². The van der Waals surface area contributed by atoms with Crippen molar-refractivity contribution in [2.24, 2.45) is 5.92 Å². The molecule has 182 valence electrons. The monoisotopic (exact) mass is 478 g/mol. The molecule has 0 radical (unpaired) electrons. The van der Waals surface area contributed by atoms with Gasteiger partial charge in [-0.25, -0.2) is 0 Å². The number of hydrogen-bond donors (Lipinski definition) is 2. The fourth-order valence-electron chi connectivity index (χ4n) is 4.09. The summed E-state index contributed by atoms with van der Waals surface area (Å²) in [5.41, 5.74) is 0.403. The van der Waals surface area contributed by atoms with Gasteiger partial charge in [0.15, 0.2) is 5.56 Å². The van der Waals surface area contributed by atoms with Gasteiger partial charge < -0.3 is 20.1 Å². The maximum absolute atomic E-state index is 13.3. The molecule has 0 bridgehead atoms. The van der Waals surface area contributed by atoms with E-state index in [-0.39, 0.29) is 23.4 Å². The maximum Gasteiger partial charge on any atom is 0.270 e. The molecular formula is C24H26N6O5. The Morgan fingerprint density at radius 2 is 2.11 bits per heavy atom. The number of amides is 2. The average molecular weight is 479 g/mol. The Labute approximate surface area is 200 Å². The number of aromatic hydroxyl groups is 1. The summed E-state index contributed by atoms with van der Waals surface area (Å²) in [6, 6.07) is 1.73. The number of ether oxygens (including phenoxy) is 1. The van der Waals surface area contributed by atoms with Crippen LogP contribution in [0.5, 0.6) is 11.6 Å². The smallest absolute Gasteiger partial charge is 0.270 e. The molecule has 11 heteroatoms. The fourth-order valence-corrected chi connectivity index (χ4v) is 4.09. The number of pyridine rings is 1. The number of rotatable bonds is 6. The Hall–Kier alpha value is -4.15. The van der Waals surface area contributed by atoms with Gasteiger partial charge in [-0.05, 0) is 24.8 Å². The summed E-state index contributed by atoms with van der Waals surface area (Å²) in [5, 5.41) is 17.8. The highest BCUT2D eigenvalue weighted by molar-refractivity contribution is 6.05. The van der Waals surface area contributed by atoms with Crippen LogP contribution in [-0.2, 0) is 11.3 Å². The summed E-state index contributed by atoms with van der Waals surface area (Å²) in [4.78, 5) is 44.7. The summed E-state index contributed by atoms with van der Waals surface area (Å²) in [5.74, 6) is -0.772. The van der Waals surface area contributed by atoms with Gasteiger partial charge >= 0.3 is 0 Å². The lowest BCUT2D eigenvalue weighted by molar-refractivity contribution is -0.114. The Kier molecular flexibility index (Phi) is 5.75. The van der Waals surface area contributed by atoms with Crippen LogP contribution in [0, 0.1) is 5.92 Å². The molecule has 2 amide bonds. The fraction of sp³-hybridized carbons (Fsp3) is 0.375. The Bertz CT molecular complexity index is 1400. The molecule has 3 aromatic heterocycles. The third kappa shape index (κ3) is 4.25. The Morgan fingerprint density at radius 1 is 1.31 bits per heavy atom. The van der Waals surface area contributed by atoms with Gasteiger partial charge in [-0.15, -0.1) is 0 Å². The van der Waals surface area contributed by atoms with Crippen LogP contribution in [0.2, 0.25) is 0 Å². The molecule has 0 unspecified atom stereocenters. The molecule has 1 fully saturated rings. The summed E-state index contributed by atoms with van der Waals surface area (Å²) < 4.78 is 8.18. The van der Waals surface area contributed by atoms with Crippen molar-refractivity contribution in [3.8, 4) is 11.6 Å². The van der Waals surface area contributed by atoms with E-state index in [2.05, 4.69) is 15.4 Å². The molecule has 11 nitrogen and oxygen atoms in total. The van der Waals surface area contributed by atoms with Gasteiger partial charge in [0.1, 0.15) is 23.7 Å². The van der Waals surface area contributed by atoms with Gasteiger partial charge in [-0.1, -0.05) is 13.8 Å². The highest BCUT2D eigenvalue weighted by Crippen LogP contribution is 2.30. The SMILES string of the molecule is CC(C)Cn1c(=O)c(C(=O)NC2CC2)c(O)n2ncc(/C=C/C(=O)N3CCOc4ccncc43)c12. The first kappa shape index (κ1) is 22.6. The molecule has 0 saturated heterocycles. The lowest BCUT2D eigenvalue weighted by Crippen LogP contribution is -2.37. The van der Waals surface area contributed by atoms with Crippen molar-refractivity contribution in [3.05, 3.63) is 52.2 Å². The van der Waals surface area contributed by atoms with Gasteiger partial charge in [-0.3, -0.25) is 23.9 Å². The van der Waals surface area contributed by atoms with E-state index in [0.717, 1.165) is 12.8 Å². The van der Waals surface area contributed by atoms with E-state index in [1.807, 2.05) is 13.8 Å². The largest absolute Gasteiger partial charge is 0.492 e. The molecule has 5 rings (SSSR count). The molecule has 0 atom stereocenters. The maximum atomic E-state index is 13.3. The van der Waals surface area contributed by atoms with Crippen LogP contribution in [-0.4, -0.2) is 55.3 Å². The molecule has 1 aliphatic carbocycles. The van der Waals surface area contributed by atoms with Crippen LogP contribution in [0.25, 0.3) is 11.7 Å². The van der Waals surface area contributed by atoms with Crippen molar-refractivity contribution >= 4 is 29.2 Å². The number of carbonyl (C=O) groups is 2. The van der Waals surface area contributed by atoms with E-state index < -0.39 is 17.3 Å². The van der Waals surface area contributed by atoms with E-state index in [1.54, 1.807) is 29.4 Å². The normalized spacial score (nSPS) is 15.5. The topological polar surface area (TPSA) is 131 Å².